The highest BCUT2D eigenvalue weighted by molar-refractivity contribution is 5.56. The van der Waals surface area contributed by atoms with Gasteiger partial charge < -0.3 is 15.2 Å². The highest BCUT2D eigenvalue weighted by atomic mass is 16.5. The minimum Gasteiger partial charge on any atom is -0.497 e. The summed E-state index contributed by atoms with van der Waals surface area (Å²) in [5.41, 5.74) is 7.01. The molecule has 1 aliphatic carbocycles. The molecule has 3 heteroatoms. The number of anilines is 1. The predicted octanol–water partition coefficient (Wildman–Crippen LogP) is 3.87. The number of rotatable bonds is 3. The lowest BCUT2D eigenvalue weighted by molar-refractivity contribution is 0.0567. The largest absolute Gasteiger partial charge is 0.497 e. The molecule has 1 aliphatic rings. The number of hydrogen-bond donors (Lipinski definition) is 1. The van der Waals surface area contributed by atoms with Crippen LogP contribution in [0, 0.1) is 11.3 Å². The zero-order chi connectivity index (χ0) is 14.0. The zero-order valence-corrected chi connectivity index (χ0v) is 12.4. The fraction of sp³-hybridized carbons (Fsp3) is 0.625. The Bertz CT molecular complexity index is 442. The van der Waals surface area contributed by atoms with E-state index in [0.717, 1.165) is 24.3 Å². The SMILES string of the molecule is COc1ccc(OC2CC(C)CC(C)(C)C2)c(N)c1. The van der Waals surface area contributed by atoms with Crippen molar-refractivity contribution in [3.05, 3.63) is 18.2 Å². The van der Waals surface area contributed by atoms with Gasteiger partial charge in [-0.05, 0) is 42.7 Å². The molecule has 3 nitrogen and oxygen atoms in total. The van der Waals surface area contributed by atoms with Crippen molar-refractivity contribution in [2.75, 3.05) is 12.8 Å². The van der Waals surface area contributed by atoms with E-state index in [9.17, 15) is 0 Å². The monoisotopic (exact) mass is 263 g/mol. The van der Waals surface area contributed by atoms with Crippen LogP contribution in [0.5, 0.6) is 11.5 Å². The topological polar surface area (TPSA) is 44.5 Å². The van der Waals surface area contributed by atoms with E-state index in [0.29, 0.717) is 17.0 Å². The Morgan fingerprint density at radius 2 is 2.00 bits per heavy atom. The van der Waals surface area contributed by atoms with Crippen LogP contribution in [0.1, 0.15) is 40.0 Å². The van der Waals surface area contributed by atoms with Gasteiger partial charge in [-0.3, -0.25) is 0 Å². The molecule has 106 valence electrons. The quantitative estimate of drug-likeness (QED) is 0.842. The van der Waals surface area contributed by atoms with Gasteiger partial charge in [0.2, 0.25) is 0 Å². The molecule has 1 aromatic carbocycles. The van der Waals surface area contributed by atoms with E-state index in [1.54, 1.807) is 7.11 Å². The molecule has 0 saturated heterocycles. The molecule has 0 aliphatic heterocycles. The Kier molecular flexibility index (Phi) is 3.93. The number of methoxy groups -OCH3 is 1. The maximum Gasteiger partial charge on any atom is 0.142 e. The van der Waals surface area contributed by atoms with Crippen LogP contribution in [0.2, 0.25) is 0 Å². The number of nitrogen functional groups attached to an aromatic ring is 1. The van der Waals surface area contributed by atoms with Crippen molar-refractivity contribution >= 4 is 5.69 Å². The van der Waals surface area contributed by atoms with Gasteiger partial charge in [0.25, 0.3) is 0 Å². The lowest BCUT2D eigenvalue weighted by Gasteiger charge is -2.39. The normalized spacial score (nSPS) is 25.9. The van der Waals surface area contributed by atoms with E-state index >= 15 is 0 Å². The molecule has 1 fully saturated rings. The first-order chi connectivity index (χ1) is 8.89. The van der Waals surface area contributed by atoms with Gasteiger partial charge in [-0.1, -0.05) is 20.8 Å². The highest BCUT2D eigenvalue weighted by Crippen LogP contribution is 2.40. The van der Waals surface area contributed by atoms with Gasteiger partial charge in [-0.2, -0.15) is 0 Å². The second-order valence-corrected chi connectivity index (χ2v) is 6.56. The summed E-state index contributed by atoms with van der Waals surface area (Å²) in [6.07, 6.45) is 3.72. The molecule has 1 saturated carbocycles. The molecule has 0 radical (unpaired) electrons. The van der Waals surface area contributed by atoms with Crippen LogP contribution in [0.15, 0.2) is 18.2 Å². The fourth-order valence-corrected chi connectivity index (χ4v) is 3.29. The first kappa shape index (κ1) is 14.0. The first-order valence-corrected chi connectivity index (χ1v) is 7.00. The maximum atomic E-state index is 6.11. The summed E-state index contributed by atoms with van der Waals surface area (Å²) in [5.74, 6) is 2.24. The number of hydrogen-bond acceptors (Lipinski definition) is 3. The molecule has 1 aromatic rings. The summed E-state index contributed by atoms with van der Waals surface area (Å²) in [4.78, 5) is 0. The molecule has 0 aromatic heterocycles. The van der Waals surface area contributed by atoms with E-state index in [1.165, 1.54) is 6.42 Å². The molecule has 2 rings (SSSR count). The number of nitrogens with two attached hydrogens (primary N) is 1. The van der Waals surface area contributed by atoms with Crippen molar-refractivity contribution in [1.29, 1.82) is 0 Å². The highest BCUT2D eigenvalue weighted by Gasteiger charge is 2.33. The fourth-order valence-electron chi connectivity index (χ4n) is 3.29. The van der Waals surface area contributed by atoms with Gasteiger partial charge in [0.15, 0.2) is 0 Å². The Morgan fingerprint density at radius 1 is 1.26 bits per heavy atom. The third-order valence-corrected chi connectivity index (χ3v) is 3.86. The third kappa shape index (κ3) is 3.55. The Balaban J connectivity index is 2.08. The van der Waals surface area contributed by atoms with Crippen LogP contribution < -0.4 is 15.2 Å². The predicted molar refractivity (Wildman–Crippen MR) is 78.6 cm³/mol. The molecule has 2 atom stereocenters. The van der Waals surface area contributed by atoms with E-state index in [1.807, 2.05) is 18.2 Å². The van der Waals surface area contributed by atoms with Crippen LogP contribution in [0.4, 0.5) is 5.69 Å². The van der Waals surface area contributed by atoms with Crippen molar-refractivity contribution in [3.8, 4) is 11.5 Å². The van der Waals surface area contributed by atoms with Crippen LogP contribution in [-0.4, -0.2) is 13.2 Å². The van der Waals surface area contributed by atoms with Gasteiger partial charge >= 0.3 is 0 Å². The Morgan fingerprint density at radius 3 is 2.58 bits per heavy atom. The molecule has 0 spiro atoms. The molecule has 0 heterocycles. The smallest absolute Gasteiger partial charge is 0.142 e. The van der Waals surface area contributed by atoms with Crippen molar-refractivity contribution in [2.45, 2.75) is 46.1 Å². The standard InChI is InChI=1S/C16H25NO2/c1-11-7-13(10-16(2,3)9-11)19-15-6-5-12(18-4)8-14(15)17/h5-6,8,11,13H,7,9-10,17H2,1-4H3. The molecular weight excluding hydrogens is 238 g/mol. The minimum atomic E-state index is 0.259. The molecule has 2 N–H and O–H groups in total. The van der Waals surface area contributed by atoms with Crippen molar-refractivity contribution in [2.24, 2.45) is 11.3 Å². The maximum absolute atomic E-state index is 6.11. The minimum absolute atomic E-state index is 0.259. The third-order valence-electron chi connectivity index (χ3n) is 3.86. The van der Waals surface area contributed by atoms with Crippen LogP contribution in [0.3, 0.4) is 0 Å². The van der Waals surface area contributed by atoms with Gasteiger partial charge in [0.05, 0.1) is 18.9 Å². The Hall–Kier alpha value is -1.38. The average molecular weight is 263 g/mol. The lowest BCUT2D eigenvalue weighted by atomic mass is 9.71. The van der Waals surface area contributed by atoms with E-state index in [-0.39, 0.29) is 6.10 Å². The molecule has 19 heavy (non-hydrogen) atoms. The summed E-state index contributed by atoms with van der Waals surface area (Å²) < 4.78 is 11.3. The Labute approximate surface area is 116 Å². The lowest BCUT2D eigenvalue weighted by Crippen LogP contribution is -2.34. The zero-order valence-electron chi connectivity index (χ0n) is 12.4. The van der Waals surface area contributed by atoms with Crippen LogP contribution in [-0.2, 0) is 0 Å². The second-order valence-electron chi connectivity index (χ2n) is 6.56. The second kappa shape index (κ2) is 5.32. The van der Waals surface area contributed by atoms with Crippen LogP contribution >= 0.6 is 0 Å². The van der Waals surface area contributed by atoms with Crippen molar-refractivity contribution in [1.82, 2.24) is 0 Å². The molecular formula is C16H25NO2. The van der Waals surface area contributed by atoms with Crippen molar-refractivity contribution in [3.63, 3.8) is 0 Å². The number of ether oxygens (including phenoxy) is 2. The van der Waals surface area contributed by atoms with E-state index in [2.05, 4.69) is 20.8 Å². The summed E-state index contributed by atoms with van der Waals surface area (Å²) >= 11 is 0. The number of benzene rings is 1. The van der Waals surface area contributed by atoms with Crippen molar-refractivity contribution < 1.29 is 9.47 Å². The molecule has 0 bridgehead atoms. The van der Waals surface area contributed by atoms with Gasteiger partial charge in [0, 0.05) is 6.07 Å². The van der Waals surface area contributed by atoms with E-state index in [4.69, 9.17) is 15.2 Å². The molecule has 2 unspecified atom stereocenters. The molecule has 0 amide bonds. The summed E-state index contributed by atoms with van der Waals surface area (Å²) in [5, 5.41) is 0. The summed E-state index contributed by atoms with van der Waals surface area (Å²) in [6, 6.07) is 5.61. The summed E-state index contributed by atoms with van der Waals surface area (Å²) in [7, 11) is 1.64. The van der Waals surface area contributed by atoms with Gasteiger partial charge in [-0.25, -0.2) is 0 Å². The van der Waals surface area contributed by atoms with Gasteiger partial charge in [-0.15, -0.1) is 0 Å². The first-order valence-electron chi connectivity index (χ1n) is 7.00. The average Bonchev–Trinajstić information content (AvgIpc) is 2.29. The summed E-state index contributed by atoms with van der Waals surface area (Å²) in [6.45, 7) is 6.93. The van der Waals surface area contributed by atoms with Crippen LogP contribution in [0.25, 0.3) is 0 Å². The van der Waals surface area contributed by atoms with Gasteiger partial charge in [0.1, 0.15) is 11.5 Å². The van der Waals surface area contributed by atoms with E-state index < -0.39 is 0 Å².